The minimum atomic E-state index is -0.0714. The van der Waals surface area contributed by atoms with E-state index >= 15 is 0 Å². The van der Waals surface area contributed by atoms with E-state index in [-0.39, 0.29) is 6.03 Å². The Morgan fingerprint density at radius 1 is 1.13 bits per heavy atom. The number of hydrogen-bond donors (Lipinski definition) is 3. The van der Waals surface area contributed by atoms with Crippen LogP contribution >= 0.6 is 0 Å². The smallest absolute Gasteiger partial charge is 0.319 e. The molecule has 2 aromatic heterocycles. The van der Waals surface area contributed by atoms with E-state index in [1.165, 1.54) is 5.56 Å². The fourth-order valence-corrected chi connectivity index (χ4v) is 3.96. The number of aromatic nitrogens is 3. The second kappa shape index (κ2) is 8.20. The van der Waals surface area contributed by atoms with Crippen molar-refractivity contribution in [1.82, 2.24) is 25.4 Å². The number of nitrogens with zero attached hydrogens (tertiary/aromatic N) is 3. The molecule has 4 aromatic rings. The monoisotopic (exact) mass is 412 g/mol. The van der Waals surface area contributed by atoms with Crippen LogP contribution in [-0.4, -0.2) is 39.2 Å². The molecule has 156 valence electrons. The second-order valence-corrected chi connectivity index (χ2v) is 7.83. The van der Waals surface area contributed by atoms with Gasteiger partial charge in [-0.3, -0.25) is 10.1 Å². The number of hydrogen-bond acceptors (Lipinski definition) is 4. The van der Waals surface area contributed by atoms with E-state index in [4.69, 9.17) is 0 Å². The molecular formula is C24H24N6O. The van der Waals surface area contributed by atoms with Crippen molar-refractivity contribution in [2.75, 3.05) is 18.4 Å². The zero-order valence-corrected chi connectivity index (χ0v) is 17.4. The van der Waals surface area contributed by atoms with Gasteiger partial charge in [0.2, 0.25) is 0 Å². The summed E-state index contributed by atoms with van der Waals surface area (Å²) >= 11 is 0. The molecule has 7 nitrogen and oxygen atoms in total. The number of aryl methyl sites for hydroxylation is 1. The maximum Gasteiger partial charge on any atom is 0.322 e. The lowest BCUT2D eigenvalue weighted by Crippen LogP contribution is -2.42. The molecule has 0 atom stereocenters. The van der Waals surface area contributed by atoms with Gasteiger partial charge in [0.05, 0.1) is 5.52 Å². The third-order valence-electron chi connectivity index (χ3n) is 5.58. The number of rotatable bonds is 6. The van der Waals surface area contributed by atoms with E-state index in [1.54, 1.807) is 6.20 Å². The Bertz CT molecular complexity index is 1230. The van der Waals surface area contributed by atoms with Gasteiger partial charge in [-0.25, -0.2) is 4.79 Å². The number of H-pyrrole nitrogens is 1. The van der Waals surface area contributed by atoms with Gasteiger partial charge in [-0.05, 0) is 42.3 Å². The van der Waals surface area contributed by atoms with E-state index < -0.39 is 0 Å². The van der Waals surface area contributed by atoms with Gasteiger partial charge in [0, 0.05) is 54.7 Å². The van der Waals surface area contributed by atoms with E-state index in [9.17, 15) is 4.79 Å². The highest BCUT2D eigenvalue weighted by atomic mass is 16.2. The van der Waals surface area contributed by atoms with Gasteiger partial charge in [0.1, 0.15) is 5.69 Å². The van der Waals surface area contributed by atoms with E-state index in [0.29, 0.717) is 13.1 Å². The Hall–Kier alpha value is -3.71. The summed E-state index contributed by atoms with van der Waals surface area (Å²) in [7, 11) is 0. The molecule has 3 heterocycles. The summed E-state index contributed by atoms with van der Waals surface area (Å²) in [5.74, 6) is 0. The Morgan fingerprint density at radius 2 is 2.00 bits per heavy atom. The molecule has 0 radical (unpaired) electrons. The molecule has 1 aliphatic heterocycles. The van der Waals surface area contributed by atoms with E-state index in [0.717, 1.165) is 52.2 Å². The van der Waals surface area contributed by atoms with E-state index in [2.05, 4.69) is 44.0 Å². The minimum absolute atomic E-state index is 0.0714. The highest BCUT2D eigenvalue weighted by Gasteiger charge is 2.23. The topological polar surface area (TPSA) is 85.9 Å². The highest BCUT2D eigenvalue weighted by Crippen LogP contribution is 2.33. The summed E-state index contributed by atoms with van der Waals surface area (Å²) < 4.78 is 0. The van der Waals surface area contributed by atoms with Crippen molar-refractivity contribution in [1.29, 1.82) is 0 Å². The predicted molar refractivity (Wildman–Crippen MR) is 122 cm³/mol. The number of fused-ring (bicyclic) bond motifs is 2. The average molecular weight is 412 g/mol. The summed E-state index contributed by atoms with van der Waals surface area (Å²) in [5, 5.41) is 15.1. The van der Waals surface area contributed by atoms with Crippen molar-refractivity contribution < 1.29 is 4.79 Å². The van der Waals surface area contributed by atoms with Crippen LogP contribution in [0.4, 0.5) is 10.5 Å². The quantitative estimate of drug-likeness (QED) is 0.417. The van der Waals surface area contributed by atoms with Crippen LogP contribution in [0.3, 0.4) is 0 Å². The van der Waals surface area contributed by atoms with Crippen molar-refractivity contribution >= 4 is 22.6 Å². The largest absolute Gasteiger partial charge is 0.322 e. The van der Waals surface area contributed by atoms with Gasteiger partial charge in [-0.15, -0.1) is 0 Å². The van der Waals surface area contributed by atoms with Crippen LogP contribution < -0.4 is 10.6 Å². The van der Waals surface area contributed by atoms with Crippen molar-refractivity contribution in [3.63, 3.8) is 0 Å². The molecule has 0 saturated heterocycles. The Labute approximate surface area is 180 Å². The summed E-state index contributed by atoms with van der Waals surface area (Å²) in [6.07, 6.45) is 1.80. The van der Waals surface area contributed by atoms with Gasteiger partial charge in [-0.1, -0.05) is 30.3 Å². The molecule has 0 fully saturated rings. The molecule has 0 aliphatic carbocycles. The maximum atomic E-state index is 12.6. The third kappa shape index (κ3) is 4.00. The first-order valence-corrected chi connectivity index (χ1v) is 10.4. The summed E-state index contributed by atoms with van der Waals surface area (Å²) in [5.41, 5.74) is 6.94. The van der Waals surface area contributed by atoms with Crippen LogP contribution in [0.25, 0.3) is 22.2 Å². The Morgan fingerprint density at radius 3 is 2.84 bits per heavy atom. The first-order chi connectivity index (χ1) is 15.2. The average Bonchev–Trinajstić information content (AvgIpc) is 3.19. The van der Waals surface area contributed by atoms with Crippen LogP contribution in [0.15, 0.2) is 60.8 Å². The van der Waals surface area contributed by atoms with Gasteiger partial charge in [0.25, 0.3) is 0 Å². The molecule has 0 spiro atoms. The van der Waals surface area contributed by atoms with Gasteiger partial charge in [-0.2, -0.15) is 5.10 Å². The molecule has 31 heavy (non-hydrogen) atoms. The Kier molecular flexibility index (Phi) is 5.09. The molecule has 1 aliphatic rings. The lowest BCUT2D eigenvalue weighted by Gasteiger charge is -2.29. The number of amides is 2. The lowest BCUT2D eigenvalue weighted by molar-refractivity contribution is 0.206. The van der Waals surface area contributed by atoms with Crippen molar-refractivity contribution in [3.8, 4) is 11.3 Å². The standard InChI is InChI=1S/C24H24N6O/c1-16-11-18(7-8-26-16)23-20-12-19-15-30(10-9-25-14-17-5-3-2-4-6-17)24(31)27-21(19)13-22(20)28-29-23/h2-8,11-13,25H,9-10,14-15H2,1H3,(H,27,31)(H,28,29). The highest BCUT2D eigenvalue weighted by molar-refractivity contribution is 6.00. The SMILES string of the molecule is Cc1cc(-c2n[nH]c3cc4c(cc23)CN(CCNCc2ccccc2)C(=O)N4)ccn1. The molecule has 0 bridgehead atoms. The van der Waals surface area contributed by atoms with Crippen molar-refractivity contribution in [2.45, 2.75) is 20.0 Å². The number of carbonyl (C=O) groups is 1. The van der Waals surface area contributed by atoms with Crippen LogP contribution in [0.2, 0.25) is 0 Å². The zero-order chi connectivity index (χ0) is 21.2. The molecule has 2 amide bonds. The number of aromatic amines is 1. The molecular weight excluding hydrogens is 388 g/mol. The summed E-state index contributed by atoms with van der Waals surface area (Å²) in [4.78, 5) is 18.7. The molecule has 3 N–H and O–H groups in total. The first kappa shape index (κ1) is 19.3. The number of pyridine rings is 1. The predicted octanol–water partition coefficient (Wildman–Crippen LogP) is 4.07. The van der Waals surface area contributed by atoms with Crippen LogP contribution in [0.1, 0.15) is 16.8 Å². The third-order valence-corrected chi connectivity index (χ3v) is 5.58. The summed E-state index contributed by atoms with van der Waals surface area (Å²) in [6.45, 7) is 4.70. The molecule has 2 aromatic carbocycles. The molecule has 0 saturated carbocycles. The molecule has 0 unspecified atom stereocenters. The number of benzene rings is 2. The van der Waals surface area contributed by atoms with Crippen LogP contribution in [0.5, 0.6) is 0 Å². The van der Waals surface area contributed by atoms with Gasteiger partial charge in [0.15, 0.2) is 0 Å². The zero-order valence-electron chi connectivity index (χ0n) is 17.4. The molecule has 5 rings (SSSR count). The number of carbonyl (C=O) groups excluding carboxylic acids is 1. The molecule has 7 heteroatoms. The number of urea groups is 1. The second-order valence-electron chi connectivity index (χ2n) is 7.83. The fourth-order valence-electron chi connectivity index (χ4n) is 3.96. The first-order valence-electron chi connectivity index (χ1n) is 10.4. The number of nitrogens with one attached hydrogen (secondary N) is 3. The van der Waals surface area contributed by atoms with Crippen molar-refractivity contribution in [3.05, 3.63) is 77.6 Å². The lowest BCUT2D eigenvalue weighted by atomic mass is 10.0. The fraction of sp³-hybridized carbons (Fsp3) is 0.208. The van der Waals surface area contributed by atoms with Crippen molar-refractivity contribution in [2.24, 2.45) is 0 Å². The summed E-state index contributed by atoms with van der Waals surface area (Å²) in [6, 6.07) is 18.3. The normalized spacial score (nSPS) is 13.3. The van der Waals surface area contributed by atoms with Gasteiger partial charge < -0.3 is 15.5 Å². The van der Waals surface area contributed by atoms with Crippen LogP contribution in [-0.2, 0) is 13.1 Å². The number of anilines is 1. The Balaban J connectivity index is 1.32. The van der Waals surface area contributed by atoms with Crippen LogP contribution in [0, 0.1) is 6.92 Å². The maximum absolute atomic E-state index is 12.6. The minimum Gasteiger partial charge on any atom is -0.319 e. The van der Waals surface area contributed by atoms with Gasteiger partial charge >= 0.3 is 6.03 Å². The van der Waals surface area contributed by atoms with E-state index in [1.807, 2.05) is 48.2 Å².